The Hall–Kier alpha value is -0.760. The SMILES string of the molecule is CC.Cc1ccnc(Cl)c1N. The molecule has 0 spiro atoms. The summed E-state index contributed by atoms with van der Waals surface area (Å²) in [6, 6.07) is 1.82. The maximum Gasteiger partial charge on any atom is 0.152 e. The van der Waals surface area contributed by atoms with Crippen LogP contribution in [0.4, 0.5) is 5.69 Å². The second-order valence-electron chi connectivity index (χ2n) is 1.83. The third-order valence-electron chi connectivity index (χ3n) is 1.16. The molecular formula is C8H13ClN2. The monoisotopic (exact) mass is 172 g/mol. The van der Waals surface area contributed by atoms with Crippen molar-refractivity contribution >= 4 is 17.3 Å². The number of hydrogen-bond donors (Lipinski definition) is 1. The molecular weight excluding hydrogens is 160 g/mol. The molecule has 1 aromatic heterocycles. The van der Waals surface area contributed by atoms with Crippen LogP contribution in [0.25, 0.3) is 0 Å². The molecule has 0 aromatic carbocycles. The number of nitrogen functional groups attached to an aromatic ring is 1. The van der Waals surface area contributed by atoms with E-state index in [0.717, 1.165) is 5.56 Å². The highest BCUT2D eigenvalue weighted by molar-refractivity contribution is 6.31. The highest BCUT2D eigenvalue weighted by Crippen LogP contribution is 2.17. The molecule has 2 N–H and O–H groups in total. The summed E-state index contributed by atoms with van der Waals surface area (Å²) in [5, 5.41) is 0.384. The van der Waals surface area contributed by atoms with Gasteiger partial charge in [0.2, 0.25) is 0 Å². The molecule has 0 saturated heterocycles. The lowest BCUT2D eigenvalue weighted by Crippen LogP contribution is -1.91. The van der Waals surface area contributed by atoms with E-state index in [1.807, 2.05) is 26.8 Å². The van der Waals surface area contributed by atoms with Crippen LogP contribution >= 0.6 is 11.6 Å². The molecule has 0 radical (unpaired) electrons. The first-order valence-corrected chi connectivity index (χ1v) is 3.96. The van der Waals surface area contributed by atoms with E-state index in [-0.39, 0.29) is 0 Å². The number of nitrogens with two attached hydrogens (primary N) is 1. The zero-order valence-electron chi connectivity index (χ0n) is 7.06. The van der Waals surface area contributed by atoms with Gasteiger partial charge in [-0.1, -0.05) is 25.4 Å². The average molecular weight is 173 g/mol. The van der Waals surface area contributed by atoms with Crippen molar-refractivity contribution in [2.75, 3.05) is 5.73 Å². The maximum absolute atomic E-state index is 5.58. The van der Waals surface area contributed by atoms with Crippen molar-refractivity contribution in [1.29, 1.82) is 0 Å². The third kappa shape index (κ3) is 2.76. The number of anilines is 1. The Balaban J connectivity index is 0.000000461. The van der Waals surface area contributed by atoms with E-state index >= 15 is 0 Å². The van der Waals surface area contributed by atoms with Gasteiger partial charge in [-0.15, -0.1) is 0 Å². The molecule has 1 rings (SSSR count). The Labute approximate surface area is 72.4 Å². The Morgan fingerprint density at radius 3 is 2.36 bits per heavy atom. The molecule has 0 aliphatic heterocycles. The summed E-state index contributed by atoms with van der Waals surface area (Å²) in [6.45, 7) is 5.89. The Morgan fingerprint density at radius 1 is 1.45 bits per heavy atom. The van der Waals surface area contributed by atoms with E-state index in [4.69, 9.17) is 17.3 Å². The molecule has 0 saturated carbocycles. The highest BCUT2D eigenvalue weighted by atomic mass is 35.5. The molecule has 62 valence electrons. The zero-order chi connectivity index (χ0) is 8.85. The molecule has 2 nitrogen and oxygen atoms in total. The number of rotatable bonds is 0. The number of nitrogens with zero attached hydrogens (tertiary/aromatic N) is 1. The summed E-state index contributed by atoms with van der Waals surface area (Å²) in [7, 11) is 0. The summed E-state index contributed by atoms with van der Waals surface area (Å²) >= 11 is 5.58. The van der Waals surface area contributed by atoms with Crippen LogP contribution in [0.3, 0.4) is 0 Å². The van der Waals surface area contributed by atoms with Gasteiger partial charge in [0.1, 0.15) is 0 Å². The second kappa shape index (κ2) is 4.97. The minimum Gasteiger partial charge on any atom is -0.396 e. The van der Waals surface area contributed by atoms with Gasteiger partial charge in [0.05, 0.1) is 5.69 Å². The van der Waals surface area contributed by atoms with Gasteiger partial charge in [-0.05, 0) is 18.6 Å². The van der Waals surface area contributed by atoms with E-state index in [1.165, 1.54) is 0 Å². The lowest BCUT2D eigenvalue weighted by molar-refractivity contribution is 1.29. The Morgan fingerprint density at radius 2 is 2.00 bits per heavy atom. The fourth-order valence-corrected chi connectivity index (χ4v) is 0.742. The van der Waals surface area contributed by atoms with Crippen LogP contribution < -0.4 is 5.73 Å². The number of halogens is 1. The minimum absolute atomic E-state index is 0.384. The van der Waals surface area contributed by atoms with Crippen molar-refractivity contribution in [3.8, 4) is 0 Å². The van der Waals surface area contributed by atoms with Gasteiger partial charge in [-0.25, -0.2) is 4.98 Å². The highest BCUT2D eigenvalue weighted by Gasteiger charge is 1.96. The van der Waals surface area contributed by atoms with Crippen LogP contribution in [0.15, 0.2) is 12.3 Å². The second-order valence-corrected chi connectivity index (χ2v) is 2.19. The van der Waals surface area contributed by atoms with Gasteiger partial charge in [0.15, 0.2) is 5.15 Å². The lowest BCUT2D eigenvalue weighted by Gasteiger charge is -1.97. The fourth-order valence-electron chi connectivity index (χ4n) is 0.537. The third-order valence-corrected chi connectivity index (χ3v) is 1.46. The number of hydrogen-bond acceptors (Lipinski definition) is 2. The summed E-state index contributed by atoms with van der Waals surface area (Å²) in [4.78, 5) is 3.78. The van der Waals surface area contributed by atoms with Crippen LogP contribution in [0.1, 0.15) is 19.4 Å². The predicted octanol–water partition coefficient (Wildman–Crippen LogP) is 2.65. The topological polar surface area (TPSA) is 38.9 Å². The van der Waals surface area contributed by atoms with E-state index in [0.29, 0.717) is 10.8 Å². The quantitative estimate of drug-likeness (QED) is 0.612. The van der Waals surface area contributed by atoms with Crippen LogP contribution in [-0.4, -0.2) is 4.98 Å². The standard InChI is InChI=1S/C6H7ClN2.C2H6/c1-4-2-3-9-6(7)5(4)8;1-2/h2-3H,8H2,1H3;1-2H3. The van der Waals surface area contributed by atoms with E-state index in [9.17, 15) is 0 Å². The van der Waals surface area contributed by atoms with Crippen LogP contribution in [-0.2, 0) is 0 Å². The first kappa shape index (κ1) is 10.2. The van der Waals surface area contributed by atoms with Gasteiger partial charge in [0, 0.05) is 6.20 Å². The molecule has 1 heterocycles. The number of aryl methyl sites for hydroxylation is 1. The predicted molar refractivity (Wildman–Crippen MR) is 49.7 cm³/mol. The summed E-state index contributed by atoms with van der Waals surface area (Å²) in [5.74, 6) is 0. The van der Waals surface area contributed by atoms with E-state index < -0.39 is 0 Å². The van der Waals surface area contributed by atoms with Crippen LogP contribution in [0.5, 0.6) is 0 Å². The largest absolute Gasteiger partial charge is 0.396 e. The van der Waals surface area contributed by atoms with Gasteiger partial charge in [0.25, 0.3) is 0 Å². The summed E-state index contributed by atoms with van der Waals surface area (Å²) < 4.78 is 0. The van der Waals surface area contributed by atoms with Crippen LogP contribution in [0, 0.1) is 6.92 Å². The van der Waals surface area contributed by atoms with Crippen molar-refractivity contribution in [3.05, 3.63) is 23.0 Å². The van der Waals surface area contributed by atoms with E-state index in [1.54, 1.807) is 6.20 Å². The van der Waals surface area contributed by atoms with Gasteiger partial charge >= 0.3 is 0 Å². The number of aromatic nitrogens is 1. The molecule has 0 unspecified atom stereocenters. The molecule has 0 amide bonds. The number of pyridine rings is 1. The van der Waals surface area contributed by atoms with Crippen molar-refractivity contribution in [3.63, 3.8) is 0 Å². The summed E-state index contributed by atoms with van der Waals surface area (Å²) in [6.07, 6.45) is 1.63. The van der Waals surface area contributed by atoms with Crippen molar-refractivity contribution in [1.82, 2.24) is 4.98 Å². The maximum atomic E-state index is 5.58. The van der Waals surface area contributed by atoms with Gasteiger partial charge in [-0.2, -0.15) is 0 Å². The average Bonchev–Trinajstić information content (AvgIpc) is 2.04. The molecule has 0 atom stereocenters. The fraction of sp³-hybridized carbons (Fsp3) is 0.375. The van der Waals surface area contributed by atoms with Crippen molar-refractivity contribution in [2.24, 2.45) is 0 Å². The molecule has 0 bridgehead atoms. The van der Waals surface area contributed by atoms with Crippen LogP contribution in [0.2, 0.25) is 5.15 Å². The molecule has 1 aromatic rings. The molecule has 11 heavy (non-hydrogen) atoms. The van der Waals surface area contributed by atoms with E-state index in [2.05, 4.69) is 4.98 Å². The Bertz CT molecular complexity index is 203. The van der Waals surface area contributed by atoms with Crippen molar-refractivity contribution < 1.29 is 0 Å². The first-order valence-electron chi connectivity index (χ1n) is 3.58. The molecule has 0 fully saturated rings. The van der Waals surface area contributed by atoms with Gasteiger partial charge < -0.3 is 5.73 Å². The first-order chi connectivity index (χ1) is 5.22. The minimum atomic E-state index is 0.384. The summed E-state index contributed by atoms with van der Waals surface area (Å²) in [5.41, 5.74) is 7.02. The smallest absolute Gasteiger partial charge is 0.152 e. The van der Waals surface area contributed by atoms with Crippen molar-refractivity contribution in [2.45, 2.75) is 20.8 Å². The normalized spacial score (nSPS) is 8.36. The molecule has 0 aliphatic carbocycles. The van der Waals surface area contributed by atoms with Gasteiger partial charge in [-0.3, -0.25) is 0 Å². The Kier molecular flexibility index (Phi) is 4.62. The lowest BCUT2D eigenvalue weighted by atomic mass is 10.3. The molecule has 0 aliphatic rings. The zero-order valence-corrected chi connectivity index (χ0v) is 7.81. The molecule has 3 heteroatoms.